The highest BCUT2D eigenvalue weighted by Crippen LogP contribution is 2.17. The predicted octanol–water partition coefficient (Wildman–Crippen LogP) is 1.83. The van der Waals surface area contributed by atoms with E-state index in [4.69, 9.17) is 5.73 Å². The van der Waals surface area contributed by atoms with Crippen LogP contribution in [0, 0.1) is 11.6 Å². The lowest BCUT2D eigenvalue weighted by atomic mass is 10.1. The number of halogens is 2. The van der Waals surface area contributed by atoms with E-state index in [1.165, 1.54) is 6.07 Å². The molecule has 0 fully saturated rings. The molecule has 2 N–H and O–H groups in total. The number of nitrogens with two attached hydrogens (primary N) is 1. The third-order valence-corrected chi connectivity index (χ3v) is 1.81. The molecule has 0 saturated heterocycles. The van der Waals surface area contributed by atoms with Gasteiger partial charge >= 0.3 is 5.97 Å². The van der Waals surface area contributed by atoms with Crippen molar-refractivity contribution in [3.63, 3.8) is 0 Å². The summed E-state index contributed by atoms with van der Waals surface area (Å²) in [7, 11) is 0. The molecule has 1 aromatic rings. The number of esters is 1. The zero-order chi connectivity index (χ0) is 12.1. The topological polar surface area (TPSA) is 52.3 Å². The minimum Gasteiger partial charge on any atom is -0.463 e. The third kappa shape index (κ3) is 2.79. The van der Waals surface area contributed by atoms with E-state index in [0.717, 1.165) is 18.2 Å². The minimum atomic E-state index is -0.821. The third-order valence-electron chi connectivity index (χ3n) is 1.81. The van der Waals surface area contributed by atoms with Crippen molar-refractivity contribution in [1.29, 1.82) is 0 Å². The molecule has 0 aliphatic heterocycles. The van der Waals surface area contributed by atoms with Gasteiger partial charge in [0.1, 0.15) is 11.6 Å². The van der Waals surface area contributed by atoms with E-state index in [1.807, 2.05) is 0 Å². The van der Waals surface area contributed by atoms with Crippen LogP contribution in [-0.4, -0.2) is 12.6 Å². The maximum atomic E-state index is 13.2. The van der Waals surface area contributed by atoms with Gasteiger partial charge in [-0.05, 0) is 19.1 Å². The SMILES string of the molecule is CCOC(=O)C=C(N)c1c(F)cccc1F. The first-order valence-electron chi connectivity index (χ1n) is 4.64. The van der Waals surface area contributed by atoms with Gasteiger partial charge in [-0.1, -0.05) is 6.07 Å². The highest BCUT2D eigenvalue weighted by atomic mass is 19.1. The van der Waals surface area contributed by atoms with Crippen molar-refractivity contribution in [1.82, 2.24) is 0 Å². The standard InChI is InChI=1S/C11H11F2NO2/c1-2-16-10(15)6-9(14)11-7(12)4-3-5-8(11)13/h3-6H,2,14H2,1H3. The van der Waals surface area contributed by atoms with Crippen molar-refractivity contribution in [2.24, 2.45) is 5.73 Å². The van der Waals surface area contributed by atoms with Crippen LogP contribution in [-0.2, 0) is 9.53 Å². The van der Waals surface area contributed by atoms with Gasteiger partial charge in [0.05, 0.1) is 17.9 Å². The van der Waals surface area contributed by atoms with Gasteiger partial charge in [0.15, 0.2) is 0 Å². The molecule has 0 aromatic heterocycles. The Balaban J connectivity index is 3.04. The number of ether oxygens (including phenoxy) is 1. The molecular formula is C11H11F2NO2. The Bertz CT molecular complexity index is 410. The van der Waals surface area contributed by atoms with Gasteiger partial charge in [-0.3, -0.25) is 0 Å². The van der Waals surface area contributed by atoms with E-state index in [0.29, 0.717) is 0 Å². The summed E-state index contributed by atoms with van der Waals surface area (Å²) in [6, 6.07) is 3.33. The van der Waals surface area contributed by atoms with Crippen molar-refractivity contribution in [2.45, 2.75) is 6.92 Å². The second-order valence-corrected chi connectivity index (χ2v) is 2.95. The summed E-state index contributed by atoms with van der Waals surface area (Å²) in [5.74, 6) is -2.38. The number of benzene rings is 1. The summed E-state index contributed by atoms with van der Waals surface area (Å²) in [6.45, 7) is 1.79. The van der Waals surface area contributed by atoms with Crippen LogP contribution in [0.25, 0.3) is 5.70 Å². The van der Waals surface area contributed by atoms with Crippen LogP contribution in [0.4, 0.5) is 8.78 Å². The number of rotatable bonds is 3. The van der Waals surface area contributed by atoms with Gasteiger partial charge in [-0.25, -0.2) is 13.6 Å². The number of carbonyl (C=O) groups excluding carboxylic acids is 1. The van der Waals surface area contributed by atoms with Crippen LogP contribution in [0.1, 0.15) is 12.5 Å². The molecule has 0 amide bonds. The average Bonchev–Trinajstić information content (AvgIpc) is 2.17. The van der Waals surface area contributed by atoms with Crippen molar-refractivity contribution < 1.29 is 18.3 Å². The second kappa shape index (κ2) is 5.25. The van der Waals surface area contributed by atoms with E-state index in [-0.39, 0.29) is 12.3 Å². The maximum Gasteiger partial charge on any atom is 0.332 e. The zero-order valence-corrected chi connectivity index (χ0v) is 8.67. The molecule has 3 nitrogen and oxygen atoms in total. The Morgan fingerprint density at radius 1 is 1.44 bits per heavy atom. The van der Waals surface area contributed by atoms with Crippen molar-refractivity contribution in [3.05, 3.63) is 41.5 Å². The van der Waals surface area contributed by atoms with Crippen molar-refractivity contribution in [2.75, 3.05) is 6.61 Å². The van der Waals surface area contributed by atoms with Crippen molar-refractivity contribution in [3.8, 4) is 0 Å². The zero-order valence-electron chi connectivity index (χ0n) is 8.67. The van der Waals surface area contributed by atoms with Crippen LogP contribution in [0.5, 0.6) is 0 Å². The fraction of sp³-hybridized carbons (Fsp3) is 0.182. The monoisotopic (exact) mass is 227 g/mol. The van der Waals surface area contributed by atoms with E-state index < -0.39 is 23.2 Å². The van der Waals surface area contributed by atoms with Crippen molar-refractivity contribution >= 4 is 11.7 Å². The molecule has 0 atom stereocenters. The van der Waals surface area contributed by atoms with Crippen LogP contribution < -0.4 is 5.73 Å². The molecule has 1 rings (SSSR count). The van der Waals surface area contributed by atoms with Crippen LogP contribution >= 0.6 is 0 Å². The maximum absolute atomic E-state index is 13.2. The molecule has 0 heterocycles. The first kappa shape index (κ1) is 12.2. The van der Waals surface area contributed by atoms with Gasteiger partial charge in [0, 0.05) is 6.08 Å². The normalized spacial score (nSPS) is 11.3. The molecule has 0 aliphatic carbocycles. The predicted molar refractivity (Wildman–Crippen MR) is 55.2 cm³/mol. The number of hydrogen-bond donors (Lipinski definition) is 1. The Hall–Kier alpha value is -1.91. The molecule has 0 bridgehead atoms. The fourth-order valence-corrected chi connectivity index (χ4v) is 1.16. The summed E-state index contributed by atoms with van der Waals surface area (Å²) in [5.41, 5.74) is 4.69. The lowest BCUT2D eigenvalue weighted by Crippen LogP contribution is -2.08. The summed E-state index contributed by atoms with van der Waals surface area (Å²) in [5, 5.41) is 0. The largest absolute Gasteiger partial charge is 0.463 e. The molecule has 86 valence electrons. The highest BCUT2D eigenvalue weighted by molar-refractivity contribution is 5.90. The lowest BCUT2D eigenvalue weighted by molar-refractivity contribution is -0.137. The highest BCUT2D eigenvalue weighted by Gasteiger charge is 2.12. The smallest absolute Gasteiger partial charge is 0.332 e. The molecule has 1 aromatic carbocycles. The Labute approximate surface area is 91.5 Å². The number of hydrogen-bond acceptors (Lipinski definition) is 3. The van der Waals surface area contributed by atoms with E-state index in [2.05, 4.69) is 4.74 Å². The first-order chi connectivity index (χ1) is 7.56. The molecule has 16 heavy (non-hydrogen) atoms. The van der Waals surface area contributed by atoms with Gasteiger partial charge in [-0.15, -0.1) is 0 Å². The Morgan fingerprint density at radius 3 is 2.50 bits per heavy atom. The number of carbonyl (C=O) groups is 1. The van der Waals surface area contributed by atoms with Gasteiger partial charge in [0.25, 0.3) is 0 Å². The van der Waals surface area contributed by atoms with Gasteiger partial charge in [-0.2, -0.15) is 0 Å². The Kier molecular flexibility index (Phi) is 3.99. The first-order valence-corrected chi connectivity index (χ1v) is 4.64. The minimum absolute atomic E-state index is 0.169. The summed E-state index contributed by atoms with van der Waals surface area (Å²) >= 11 is 0. The summed E-state index contributed by atoms with van der Waals surface area (Å²) < 4.78 is 31.0. The molecule has 0 radical (unpaired) electrons. The van der Waals surface area contributed by atoms with Gasteiger partial charge < -0.3 is 10.5 Å². The quantitative estimate of drug-likeness (QED) is 0.633. The summed E-state index contributed by atoms with van der Waals surface area (Å²) in [4.78, 5) is 11.0. The second-order valence-electron chi connectivity index (χ2n) is 2.95. The lowest BCUT2D eigenvalue weighted by Gasteiger charge is -2.04. The van der Waals surface area contributed by atoms with E-state index >= 15 is 0 Å². The van der Waals surface area contributed by atoms with Gasteiger partial charge in [0.2, 0.25) is 0 Å². The molecule has 0 saturated carbocycles. The Morgan fingerprint density at radius 2 is 2.00 bits per heavy atom. The molecule has 0 spiro atoms. The molecular weight excluding hydrogens is 216 g/mol. The summed E-state index contributed by atoms with van der Waals surface area (Å²) in [6.07, 6.45) is 0.852. The average molecular weight is 227 g/mol. The fourth-order valence-electron chi connectivity index (χ4n) is 1.16. The van der Waals surface area contributed by atoms with Crippen LogP contribution in [0.15, 0.2) is 24.3 Å². The molecule has 0 unspecified atom stereocenters. The van der Waals surface area contributed by atoms with Crippen LogP contribution in [0.3, 0.4) is 0 Å². The molecule has 5 heteroatoms. The molecule has 0 aliphatic rings. The van der Waals surface area contributed by atoms with E-state index in [9.17, 15) is 13.6 Å². The van der Waals surface area contributed by atoms with E-state index in [1.54, 1.807) is 6.92 Å². The van der Waals surface area contributed by atoms with Crippen LogP contribution in [0.2, 0.25) is 0 Å².